The van der Waals surface area contributed by atoms with E-state index in [0.717, 1.165) is 17.7 Å². The third kappa shape index (κ3) is 3.74. The average molecular weight is 290 g/mol. The summed E-state index contributed by atoms with van der Waals surface area (Å²) in [4.78, 5) is 25.8. The van der Waals surface area contributed by atoms with E-state index in [1.54, 1.807) is 25.9 Å². The molecule has 1 aliphatic heterocycles. The maximum atomic E-state index is 12.4. The van der Waals surface area contributed by atoms with Gasteiger partial charge in [-0.2, -0.15) is 0 Å². The summed E-state index contributed by atoms with van der Waals surface area (Å²) in [5.74, 6) is 0.709. The maximum Gasteiger partial charge on any atom is 0.247 e. The van der Waals surface area contributed by atoms with Crippen molar-refractivity contribution in [2.24, 2.45) is 0 Å². The normalized spacial score (nSPS) is 18.1. The minimum Gasteiger partial charge on any atom is -0.497 e. The van der Waals surface area contributed by atoms with Crippen LogP contribution in [0.3, 0.4) is 0 Å². The van der Waals surface area contributed by atoms with Crippen molar-refractivity contribution in [2.45, 2.75) is 32.2 Å². The Morgan fingerprint density at radius 1 is 1.33 bits per heavy atom. The van der Waals surface area contributed by atoms with Gasteiger partial charge in [0.05, 0.1) is 7.11 Å². The van der Waals surface area contributed by atoms with Gasteiger partial charge in [0.1, 0.15) is 11.3 Å². The zero-order valence-corrected chi connectivity index (χ0v) is 12.8. The van der Waals surface area contributed by atoms with Crippen LogP contribution in [0.15, 0.2) is 24.3 Å². The summed E-state index contributed by atoms with van der Waals surface area (Å²) in [5, 5.41) is 2.76. The Labute approximate surface area is 125 Å². The molecular formula is C16H22N2O3. The second kappa shape index (κ2) is 6.16. The highest BCUT2D eigenvalue weighted by Crippen LogP contribution is 2.16. The van der Waals surface area contributed by atoms with Crippen LogP contribution in [0.1, 0.15) is 25.8 Å². The van der Waals surface area contributed by atoms with E-state index >= 15 is 0 Å². The van der Waals surface area contributed by atoms with Gasteiger partial charge in [-0.1, -0.05) is 12.1 Å². The Morgan fingerprint density at radius 2 is 2.10 bits per heavy atom. The highest BCUT2D eigenvalue weighted by atomic mass is 16.5. The van der Waals surface area contributed by atoms with Gasteiger partial charge in [-0.05, 0) is 38.0 Å². The lowest BCUT2D eigenvalue weighted by atomic mass is 10.0. The molecule has 0 aromatic heterocycles. The molecule has 0 aliphatic carbocycles. The Hall–Kier alpha value is -2.04. The monoisotopic (exact) mass is 290 g/mol. The summed E-state index contributed by atoms with van der Waals surface area (Å²) in [7, 11) is 1.64. The van der Waals surface area contributed by atoms with E-state index in [4.69, 9.17) is 4.74 Å². The Kier molecular flexibility index (Phi) is 4.50. The fraction of sp³-hybridized carbons (Fsp3) is 0.500. The van der Waals surface area contributed by atoms with Crippen LogP contribution in [0.2, 0.25) is 0 Å². The molecule has 1 aromatic carbocycles. The third-order valence-electron chi connectivity index (χ3n) is 3.69. The first-order chi connectivity index (χ1) is 9.92. The first-order valence-corrected chi connectivity index (χ1v) is 7.16. The van der Waals surface area contributed by atoms with Crippen molar-refractivity contribution in [1.82, 2.24) is 10.2 Å². The summed E-state index contributed by atoms with van der Waals surface area (Å²) >= 11 is 0. The van der Waals surface area contributed by atoms with Crippen LogP contribution < -0.4 is 10.1 Å². The number of hydrogen-bond acceptors (Lipinski definition) is 3. The highest BCUT2D eigenvalue weighted by Gasteiger charge is 2.36. The Morgan fingerprint density at radius 3 is 2.81 bits per heavy atom. The van der Waals surface area contributed by atoms with Crippen molar-refractivity contribution < 1.29 is 14.3 Å². The molecule has 1 fully saturated rings. The molecule has 1 N–H and O–H groups in total. The second-order valence-electron chi connectivity index (χ2n) is 5.82. The van der Waals surface area contributed by atoms with E-state index in [2.05, 4.69) is 5.32 Å². The van der Waals surface area contributed by atoms with E-state index in [0.29, 0.717) is 19.5 Å². The lowest BCUT2D eigenvalue weighted by molar-refractivity contribution is -0.137. The molecular weight excluding hydrogens is 268 g/mol. The molecule has 0 bridgehead atoms. The minimum absolute atomic E-state index is 0.0313. The van der Waals surface area contributed by atoms with Gasteiger partial charge in [0.2, 0.25) is 11.8 Å². The molecule has 0 atom stereocenters. The lowest BCUT2D eigenvalue weighted by Gasteiger charge is -2.28. The number of carbonyl (C=O) groups is 2. The molecule has 0 radical (unpaired) electrons. The standard InChI is InChI=1S/C16H22N2O3/c1-16(2)15(20)18(10-8-14(19)17-16)9-7-12-5-4-6-13(11-12)21-3/h4-6,11H,7-10H2,1-3H3,(H,17,19). The van der Waals surface area contributed by atoms with Crippen LogP contribution >= 0.6 is 0 Å². The second-order valence-corrected chi connectivity index (χ2v) is 5.82. The van der Waals surface area contributed by atoms with Crippen LogP contribution in [-0.4, -0.2) is 42.5 Å². The smallest absolute Gasteiger partial charge is 0.247 e. The fourth-order valence-corrected chi connectivity index (χ4v) is 2.50. The molecule has 2 amide bonds. The number of benzene rings is 1. The Bertz CT molecular complexity index is 540. The molecule has 0 saturated carbocycles. The number of methoxy groups -OCH3 is 1. The molecule has 0 unspecified atom stereocenters. The predicted octanol–water partition coefficient (Wildman–Crippen LogP) is 1.36. The molecule has 1 heterocycles. The van der Waals surface area contributed by atoms with Gasteiger partial charge in [-0.15, -0.1) is 0 Å². The number of carbonyl (C=O) groups excluding carboxylic acids is 2. The van der Waals surface area contributed by atoms with E-state index in [1.807, 2.05) is 24.3 Å². The minimum atomic E-state index is -0.831. The van der Waals surface area contributed by atoms with Crippen LogP contribution in [-0.2, 0) is 16.0 Å². The van der Waals surface area contributed by atoms with E-state index in [9.17, 15) is 9.59 Å². The zero-order valence-electron chi connectivity index (χ0n) is 12.8. The molecule has 5 heteroatoms. The Balaban J connectivity index is 2.04. The van der Waals surface area contributed by atoms with Crippen molar-refractivity contribution in [3.05, 3.63) is 29.8 Å². The van der Waals surface area contributed by atoms with Crippen molar-refractivity contribution in [3.63, 3.8) is 0 Å². The molecule has 0 spiro atoms. The van der Waals surface area contributed by atoms with E-state index in [1.165, 1.54) is 0 Å². The number of hydrogen-bond donors (Lipinski definition) is 1. The number of rotatable bonds is 4. The number of nitrogens with zero attached hydrogens (tertiary/aromatic N) is 1. The van der Waals surface area contributed by atoms with Gasteiger partial charge >= 0.3 is 0 Å². The predicted molar refractivity (Wildman–Crippen MR) is 80.1 cm³/mol. The van der Waals surface area contributed by atoms with Gasteiger partial charge < -0.3 is 15.0 Å². The molecule has 1 aromatic rings. The molecule has 1 aliphatic rings. The highest BCUT2D eigenvalue weighted by molar-refractivity contribution is 5.92. The maximum absolute atomic E-state index is 12.4. The van der Waals surface area contributed by atoms with Crippen LogP contribution in [0.25, 0.3) is 0 Å². The van der Waals surface area contributed by atoms with E-state index < -0.39 is 5.54 Å². The molecule has 114 valence electrons. The van der Waals surface area contributed by atoms with Crippen molar-refractivity contribution in [1.29, 1.82) is 0 Å². The van der Waals surface area contributed by atoms with Crippen LogP contribution in [0.5, 0.6) is 5.75 Å². The lowest BCUT2D eigenvalue weighted by Crippen LogP contribution is -2.53. The average Bonchev–Trinajstić information content (AvgIpc) is 2.55. The summed E-state index contributed by atoms with van der Waals surface area (Å²) in [6.45, 7) is 4.57. The van der Waals surface area contributed by atoms with Gasteiger partial charge in [0, 0.05) is 19.5 Å². The summed E-state index contributed by atoms with van der Waals surface area (Å²) in [5.41, 5.74) is 0.283. The summed E-state index contributed by atoms with van der Waals surface area (Å²) in [6.07, 6.45) is 1.10. The van der Waals surface area contributed by atoms with Crippen molar-refractivity contribution in [2.75, 3.05) is 20.2 Å². The van der Waals surface area contributed by atoms with E-state index in [-0.39, 0.29) is 11.8 Å². The van der Waals surface area contributed by atoms with Crippen LogP contribution in [0.4, 0.5) is 0 Å². The van der Waals surface area contributed by atoms with Crippen molar-refractivity contribution >= 4 is 11.8 Å². The van der Waals surface area contributed by atoms with Gasteiger partial charge in [-0.25, -0.2) is 0 Å². The largest absolute Gasteiger partial charge is 0.497 e. The zero-order chi connectivity index (χ0) is 15.5. The number of amides is 2. The first-order valence-electron chi connectivity index (χ1n) is 7.16. The third-order valence-corrected chi connectivity index (χ3v) is 3.69. The van der Waals surface area contributed by atoms with Gasteiger partial charge in [0.25, 0.3) is 0 Å². The summed E-state index contributed by atoms with van der Waals surface area (Å²) in [6, 6.07) is 7.82. The quantitative estimate of drug-likeness (QED) is 0.911. The fourth-order valence-electron chi connectivity index (χ4n) is 2.50. The number of ether oxygens (including phenoxy) is 1. The van der Waals surface area contributed by atoms with Crippen molar-refractivity contribution in [3.8, 4) is 5.75 Å². The topological polar surface area (TPSA) is 58.6 Å². The van der Waals surface area contributed by atoms with Gasteiger partial charge in [-0.3, -0.25) is 9.59 Å². The molecule has 5 nitrogen and oxygen atoms in total. The molecule has 2 rings (SSSR count). The summed E-state index contributed by atoms with van der Waals surface area (Å²) < 4.78 is 5.20. The van der Waals surface area contributed by atoms with Gasteiger partial charge in [0.15, 0.2) is 0 Å². The molecule has 21 heavy (non-hydrogen) atoms. The van der Waals surface area contributed by atoms with Crippen LogP contribution in [0, 0.1) is 0 Å². The number of nitrogens with one attached hydrogen (secondary N) is 1. The SMILES string of the molecule is COc1cccc(CCN2CCC(=O)NC(C)(C)C2=O)c1. The first kappa shape index (κ1) is 15.4. The molecule has 1 saturated heterocycles.